The van der Waals surface area contributed by atoms with Gasteiger partial charge in [0.2, 0.25) is 0 Å². The maximum Gasteiger partial charge on any atom is 0.254 e. The molecule has 0 aliphatic carbocycles. The highest BCUT2D eigenvalue weighted by Crippen LogP contribution is 2.22. The predicted molar refractivity (Wildman–Crippen MR) is 109 cm³/mol. The van der Waals surface area contributed by atoms with E-state index in [9.17, 15) is 13.2 Å². The molecule has 140 valence electrons. The standard InChI is InChI=1S/C19H18N2O3S3/c22-18(21-14-15-6-5-11-25-15)17-9-4-10-20-19(17)26-12-13-27(23,24)16-7-2-1-3-8-16/h1-11H,12-14H2,(H,21,22). The van der Waals surface area contributed by atoms with Gasteiger partial charge in [0, 0.05) is 16.8 Å². The number of thiophene rings is 1. The van der Waals surface area contributed by atoms with Crippen LogP contribution >= 0.6 is 23.1 Å². The van der Waals surface area contributed by atoms with Crippen molar-refractivity contribution in [2.24, 2.45) is 0 Å². The third kappa shape index (κ3) is 5.41. The van der Waals surface area contributed by atoms with Crippen molar-refractivity contribution in [1.29, 1.82) is 0 Å². The molecule has 2 aromatic heterocycles. The van der Waals surface area contributed by atoms with Crippen molar-refractivity contribution in [3.05, 3.63) is 76.6 Å². The Labute approximate surface area is 166 Å². The van der Waals surface area contributed by atoms with E-state index in [0.29, 0.717) is 27.8 Å². The van der Waals surface area contributed by atoms with Gasteiger partial charge in [0.1, 0.15) is 5.03 Å². The average molecular weight is 419 g/mol. The molecule has 5 nitrogen and oxygen atoms in total. The van der Waals surface area contributed by atoms with Crippen LogP contribution in [0.1, 0.15) is 15.2 Å². The van der Waals surface area contributed by atoms with Crippen LogP contribution in [0.25, 0.3) is 0 Å². The number of nitrogens with one attached hydrogen (secondary N) is 1. The first-order valence-corrected chi connectivity index (χ1v) is 11.7. The summed E-state index contributed by atoms with van der Waals surface area (Å²) in [6.45, 7) is 0.456. The fourth-order valence-electron chi connectivity index (χ4n) is 2.35. The molecule has 0 saturated heterocycles. The number of sulfone groups is 1. The zero-order valence-electron chi connectivity index (χ0n) is 14.4. The third-order valence-electron chi connectivity index (χ3n) is 3.71. The Hall–Kier alpha value is -2.16. The summed E-state index contributed by atoms with van der Waals surface area (Å²) in [4.78, 5) is 18.1. The lowest BCUT2D eigenvalue weighted by Crippen LogP contribution is -2.23. The zero-order chi connectivity index (χ0) is 19.1. The van der Waals surface area contributed by atoms with Crippen molar-refractivity contribution >= 4 is 38.8 Å². The van der Waals surface area contributed by atoms with Crippen LogP contribution in [0.4, 0.5) is 0 Å². The number of pyridine rings is 1. The maximum absolute atomic E-state index is 12.5. The lowest BCUT2D eigenvalue weighted by atomic mass is 10.2. The number of thioether (sulfide) groups is 1. The number of hydrogen-bond donors (Lipinski definition) is 1. The minimum atomic E-state index is -3.35. The summed E-state index contributed by atoms with van der Waals surface area (Å²) in [6, 6.07) is 15.7. The van der Waals surface area contributed by atoms with E-state index in [1.54, 1.807) is 60.0 Å². The Bertz CT molecular complexity index is 988. The highest BCUT2D eigenvalue weighted by Gasteiger charge is 2.16. The van der Waals surface area contributed by atoms with Crippen LogP contribution in [0.5, 0.6) is 0 Å². The molecule has 8 heteroatoms. The van der Waals surface area contributed by atoms with E-state index in [0.717, 1.165) is 4.88 Å². The number of aromatic nitrogens is 1. The zero-order valence-corrected chi connectivity index (χ0v) is 16.8. The monoisotopic (exact) mass is 418 g/mol. The SMILES string of the molecule is O=C(NCc1cccs1)c1cccnc1SCCS(=O)(=O)c1ccccc1. The van der Waals surface area contributed by atoms with E-state index in [2.05, 4.69) is 10.3 Å². The molecular weight excluding hydrogens is 400 g/mol. The molecule has 0 saturated carbocycles. The van der Waals surface area contributed by atoms with Gasteiger partial charge in [-0.3, -0.25) is 4.79 Å². The second-order valence-electron chi connectivity index (χ2n) is 5.60. The van der Waals surface area contributed by atoms with E-state index in [1.807, 2.05) is 17.5 Å². The number of amides is 1. The van der Waals surface area contributed by atoms with Gasteiger partial charge in [0.25, 0.3) is 5.91 Å². The van der Waals surface area contributed by atoms with Gasteiger partial charge in [-0.25, -0.2) is 13.4 Å². The summed E-state index contributed by atoms with van der Waals surface area (Å²) in [5.41, 5.74) is 0.455. The second kappa shape index (κ2) is 9.16. The summed E-state index contributed by atoms with van der Waals surface area (Å²) in [7, 11) is -3.35. The highest BCUT2D eigenvalue weighted by molar-refractivity contribution is 8.00. The van der Waals surface area contributed by atoms with Crippen LogP contribution in [-0.2, 0) is 16.4 Å². The van der Waals surface area contributed by atoms with Crippen LogP contribution in [0.3, 0.4) is 0 Å². The quantitative estimate of drug-likeness (QED) is 0.565. The molecule has 27 heavy (non-hydrogen) atoms. The summed E-state index contributed by atoms with van der Waals surface area (Å²) in [6.07, 6.45) is 1.60. The molecule has 0 aliphatic heterocycles. The first-order chi connectivity index (χ1) is 13.1. The number of rotatable bonds is 8. The summed E-state index contributed by atoms with van der Waals surface area (Å²) >= 11 is 2.85. The predicted octanol–water partition coefficient (Wildman–Crippen LogP) is 3.64. The van der Waals surface area contributed by atoms with Crippen LogP contribution in [0.15, 0.2) is 76.1 Å². The van der Waals surface area contributed by atoms with E-state index in [1.165, 1.54) is 11.8 Å². The van der Waals surface area contributed by atoms with Crippen molar-refractivity contribution in [2.45, 2.75) is 16.5 Å². The van der Waals surface area contributed by atoms with Gasteiger partial charge in [0.05, 0.1) is 22.8 Å². The van der Waals surface area contributed by atoms with Crippen LogP contribution < -0.4 is 5.32 Å². The maximum atomic E-state index is 12.5. The molecule has 0 atom stereocenters. The van der Waals surface area contributed by atoms with Crippen LogP contribution in [-0.4, -0.2) is 30.8 Å². The molecule has 0 fully saturated rings. The minimum Gasteiger partial charge on any atom is -0.347 e. The Morgan fingerprint density at radius 2 is 1.89 bits per heavy atom. The topological polar surface area (TPSA) is 76.1 Å². The molecule has 0 unspecified atom stereocenters. The molecule has 1 N–H and O–H groups in total. The molecule has 3 aromatic rings. The normalized spacial score (nSPS) is 11.3. The van der Waals surface area contributed by atoms with Gasteiger partial charge in [-0.1, -0.05) is 24.3 Å². The first-order valence-electron chi connectivity index (χ1n) is 8.22. The molecule has 0 aliphatic rings. The Morgan fingerprint density at radius 1 is 1.07 bits per heavy atom. The second-order valence-corrected chi connectivity index (χ2v) is 9.82. The van der Waals surface area contributed by atoms with Gasteiger partial charge < -0.3 is 5.32 Å². The molecule has 0 bridgehead atoms. The minimum absolute atomic E-state index is 0.0193. The van der Waals surface area contributed by atoms with Gasteiger partial charge in [-0.15, -0.1) is 23.1 Å². The summed E-state index contributed by atoms with van der Waals surface area (Å²) in [5, 5.41) is 5.36. The van der Waals surface area contributed by atoms with E-state index in [4.69, 9.17) is 0 Å². The van der Waals surface area contributed by atoms with Crippen molar-refractivity contribution in [3.8, 4) is 0 Å². The molecule has 0 spiro atoms. The average Bonchev–Trinajstić information content (AvgIpc) is 3.21. The van der Waals surface area contributed by atoms with Gasteiger partial charge in [-0.05, 0) is 35.7 Å². The molecule has 0 radical (unpaired) electrons. The van der Waals surface area contributed by atoms with Crippen molar-refractivity contribution in [3.63, 3.8) is 0 Å². The Balaban J connectivity index is 1.61. The third-order valence-corrected chi connectivity index (χ3v) is 7.59. The Morgan fingerprint density at radius 3 is 2.63 bits per heavy atom. The van der Waals surface area contributed by atoms with E-state index >= 15 is 0 Å². The molecule has 3 rings (SSSR count). The molecule has 1 aromatic carbocycles. The van der Waals surface area contributed by atoms with Gasteiger partial charge in [0.15, 0.2) is 9.84 Å². The number of nitrogens with zero attached hydrogens (tertiary/aromatic N) is 1. The largest absolute Gasteiger partial charge is 0.347 e. The number of carbonyl (C=O) groups is 1. The Kier molecular flexibility index (Phi) is 6.65. The highest BCUT2D eigenvalue weighted by atomic mass is 32.2. The van der Waals surface area contributed by atoms with Crippen molar-refractivity contribution in [1.82, 2.24) is 10.3 Å². The molecule has 1 amide bonds. The van der Waals surface area contributed by atoms with Gasteiger partial charge in [-0.2, -0.15) is 0 Å². The van der Waals surface area contributed by atoms with E-state index < -0.39 is 9.84 Å². The van der Waals surface area contributed by atoms with Crippen molar-refractivity contribution < 1.29 is 13.2 Å². The molecule has 2 heterocycles. The van der Waals surface area contributed by atoms with Crippen LogP contribution in [0.2, 0.25) is 0 Å². The number of benzene rings is 1. The fourth-order valence-corrected chi connectivity index (χ4v) is 5.66. The lowest BCUT2D eigenvalue weighted by molar-refractivity contribution is 0.0947. The summed E-state index contributed by atoms with van der Waals surface area (Å²) in [5.74, 6) is 0.0819. The van der Waals surface area contributed by atoms with Crippen molar-refractivity contribution in [2.75, 3.05) is 11.5 Å². The number of carbonyl (C=O) groups excluding carboxylic acids is 1. The first kappa shape index (κ1) is 19.6. The van der Waals surface area contributed by atoms with Crippen LogP contribution in [0, 0.1) is 0 Å². The van der Waals surface area contributed by atoms with Gasteiger partial charge >= 0.3 is 0 Å². The smallest absolute Gasteiger partial charge is 0.254 e. The fraction of sp³-hybridized carbons (Fsp3) is 0.158. The lowest BCUT2D eigenvalue weighted by Gasteiger charge is -2.09. The molecular formula is C19H18N2O3S3. The van der Waals surface area contributed by atoms with E-state index in [-0.39, 0.29) is 11.7 Å². The number of hydrogen-bond acceptors (Lipinski definition) is 6. The summed E-state index contributed by atoms with van der Waals surface area (Å²) < 4.78 is 24.7.